The van der Waals surface area contributed by atoms with Crippen molar-refractivity contribution in [2.75, 3.05) is 27.4 Å². The monoisotopic (exact) mass is 418 g/mol. The first-order chi connectivity index (χ1) is 14.6. The lowest BCUT2D eigenvalue weighted by atomic mass is 9.99. The molecule has 2 saturated heterocycles. The molecule has 0 radical (unpaired) electrons. The molecule has 8 nitrogen and oxygen atoms in total. The summed E-state index contributed by atoms with van der Waals surface area (Å²) in [6, 6.07) is 14.6. The minimum absolute atomic E-state index is 0.256. The number of benzene rings is 2. The first kappa shape index (κ1) is 21.0. The second-order valence-electron chi connectivity index (χ2n) is 7.17. The lowest BCUT2D eigenvalue weighted by molar-refractivity contribution is -0.373. The Labute approximate surface area is 174 Å². The standard InChI is InChI=1S/C22H26O8/c1-25-15-7-3-13(4-8-15)21-27-12-18-20(30-21)19(17(24)11-23)29-22(28-18)14-5-9-16(26-2)10-6-14/h3-10,17-24H,11-12H2,1-2H3/t17-,18+,19-,20-,21?,22?/m1/s1. The SMILES string of the molecule is COc1ccc(C2OC[C@@H]3OC(c4ccc(OC)cc4)O[C@H]([C@H](O)CO)[C@@H]3O2)cc1. The number of hydrogen-bond acceptors (Lipinski definition) is 8. The molecule has 0 amide bonds. The van der Waals surface area contributed by atoms with Gasteiger partial charge in [0.25, 0.3) is 0 Å². The molecule has 0 saturated carbocycles. The van der Waals surface area contributed by atoms with Crippen LogP contribution in [0.5, 0.6) is 11.5 Å². The van der Waals surface area contributed by atoms with E-state index in [1.165, 1.54) is 0 Å². The fraction of sp³-hybridized carbons (Fsp3) is 0.455. The van der Waals surface area contributed by atoms with Crippen molar-refractivity contribution < 1.29 is 38.6 Å². The Morgan fingerprint density at radius 1 is 0.867 bits per heavy atom. The summed E-state index contributed by atoms with van der Waals surface area (Å²) in [5, 5.41) is 20.0. The highest BCUT2D eigenvalue weighted by Crippen LogP contribution is 2.39. The molecule has 30 heavy (non-hydrogen) atoms. The maximum Gasteiger partial charge on any atom is 0.184 e. The summed E-state index contributed by atoms with van der Waals surface area (Å²) >= 11 is 0. The van der Waals surface area contributed by atoms with E-state index in [4.69, 9.17) is 28.4 Å². The van der Waals surface area contributed by atoms with Gasteiger partial charge in [0, 0.05) is 11.1 Å². The van der Waals surface area contributed by atoms with Gasteiger partial charge >= 0.3 is 0 Å². The maximum absolute atomic E-state index is 10.4. The van der Waals surface area contributed by atoms with Crippen molar-refractivity contribution >= 4 is 0 Å². The molecule has 0 aromatic heterocycles. The number of aliphatic hydroxyl groups is 2. The summed E-state index contributed by atoms with van der Waals surface area (Å²) < 4.78 is 34.4. The average Bonchev–Trinajstić information content (AvgIpc) is 2.82. The van der Waals surface area contributed by atoms with Crippen molar-refractivity contribution in [3.8, 4) is 11.5 Å². The molecule has 6 atom stereocenters. The zero-order chi connectivity index (χ0) is 21.1. The summed E-state index contributed by atoms with van der Waals surface area (Å²) in [5.74, 6) is 1.44. The van der Waals surface area contributed by atoms with Gasteiger partial charge in [-0.2, -0.15) is 0 Å². The van der Waals surface area contributed by atoms with E-state index >= 15 is 0 Å². The second-order valence-corrected chi connectivity index (χ2v) is 7.17. The summed E-state index contributed by atoms with van der Waals surface area (Å²) in [6.45, 7) is -0.202. The zero-order valence-electron chi connectivity index (χ0n) is 16.8. The van der Waals surface area contributed by atoms with Crippen LogP contribution in [0.15, 0.2) is 48.5 Å². The van der Waals surface area contributed by atoms with Gasteiger partial charge < -0.3 is 38.6 Å². The van der Waals surface area contributed by atoms with Gasteiger partial charge in [0.2, 0.25) is 0 Å². The highest BCUT2D eigenvalue weighted by Gasteiger charge is 2.48. The van der Waals surface area contributed by atoms with Gasteiger partial charge in [-0.3, -0.25) is 0 Å². The minimum Gasteiger partial charge on any atom is -0.497 e. The van der Waals surface area contributed by atoms with E-state index in [0.717, 1.165) is 16.9 Å². The van der Waals surface area contributed by atoms with Crippen LogP contribution < -0.4 is 9.47 Å². The quantitative estimate of drug-likeness (QED) is 0.735. The van der Waals surface area contributed by atoms with E-state index in [9.17, 15) is 10.2 Å². The number of ether oxygens (including phenoxy) is 6. The Bertz CT molecular complexity index is 807. The van der Waals surface area contributed by atoms with Crippen molar-refractivity contribution in [1.82, 2.24) is 0 Å². The molecule has 2 aliphatic rings. The molecular weight excluding hydrogens is 392 g/mol. The van der Waals surface area contributed by atoms with Crippen LogP contribution in [0, 0.1) is 0 Å². The molecule has 2 heterocycles. The molecular formula is C22H26O8. The van der Waals surface area contributed by atoms with Crippen LogP contribution in [-0.2, 0) is 18.9 Å². The van der Waals surface area contributed by atoms with E-state index in [1.807, 2.05) is 36.4 Å². The van der Waals surface area contributed by atoms with E-state index in [-0.39, 0.29) is 6.61 Å². The van der Waals surface area contributed by atoms with Crippen molar-refractivity contribution in [3.05, 3.63) is 59.7 Å². The third kappa shape index (κ3) is 4.29. The normalized spacial score (nSPS) is 29.7. The number of aliphatic hydroxyl groups excluding tert-OH is 2. The number of methoxy groups -OCH3 is 2. The molecule has 2 aromatic rings. The lowest BCUT2D eigenvalue weighted by Crippen LogP contribution is -2.58. The zero-order valence-corrected chi connectivity index (χ0v) is 16.8. The van der Waals surface area contributed by atoms with Crippen LogP contribution in [0.2, 0.25) is 0 Å². The summed E-state index contributed by atoms with van der Waals surface area (Å²) in [4.78, 5) is 0. The fourth-order valence-corrected chi connectivity index (χ4v) is 3.63. The number of hydrogen-bond donors (Lipinski definition) is 2. The first-order valence-electron chi connectivity index (χ1n) is 9.77. The van der Waals surface area contributed by atoms with Crippen LogP contribution in [0.3, 0.4) is 0 Å². The van der Waals surface area contributed by atoms with Gasteiger partial charge in [-0.1, -0.05) is 24.3 Å². The summed E-state index contributed by atoms with van der Waals surface area (Å²) in [7, 11) is 3.20. The molecule has 2 unspecified atom stereocenters. The number of rotatable bonds is 6. The van der Waals surface area contributed by atoms with Crippen LogP contribution in [-0.4, -0.2) is 62.1 Å². The number of fused-ring (bicyclic) bond motifs is 1. The largest absolute Gasteiger partial charge is 0.497 e. The van der Waals surface area contributed by atoms with Gasteiger partial charge in [0.15, 0.2) is 12.6 Å². The molecule has 2 fully saturated rings. The van der Waals surface area contributed by atoms with E-state index in [2.05, 4.69) is 0 Å². The van der Waals surface area contributed by atoms with Crippen molar-refractivity contribution in [1.29, 1.82) is 0 Å². The van der Waals surface area contributed by atoms with E-state index in [1.54, 1.807) is 26.4 Å². The lowest BCUT2D eigenvalue weighted by Gasteiger charge is -2.47. The molecule has 8 heteroatoms. The van der Waals surface area contributed by atoms with E-state index in [0.29, 0.717) is 5.75 Å². The van der Waals surface area contributed by atoms with Crippen LogP contribution in [0.1, 0.15) is 23.7 Å². The van der Waals surface area contributed by atoms with Crippen molar-refractivity contribution in [3.63, 3.8) is 0 Å². The summed E-state index contributed by atoms with van der Waals surface area (Å²) in [6.07, 6.45) is -4.36. The summed E-state index contributed by atoms with van der Waals surface area (Å²) in [5.41, 5.74) is 1.57. The predicted octanol–water partition coefficient (Wildman–Crippen LogP) is 1.95. The van der Waals surface area contributed by atoms with Crippen LogP contribution >= 0.6 is 0 Å². The maximum atomic E-state index is 10.4. The third-order valence-electron chi connectivity index (χ3n) is 5.30. The van der Waals surface area contributed by atoms with Gasteiger partial charge in [0.1, 0.15) is 35.9 Å². The smallest absolute Gasteiger partial charge is 0.184 e. The van der Waals surface area contributed by atoms with Gasteiger partial charge in [-0.05, 0) is 24.3 Å². The van der Waals surface area contributed by atoms with Gasteiger partial charge in [0.05, 0.1) is 27.4 Å². The van der Waals surface area contributed by atoms with Crippen LogP contribution in [0.25, 0.3) is 0 Å². The Kier molecular flexibility index (Phi) is 6.52. The molecule has 4 rings (SSSR count). The average molecular weight is 418 g/mol. The molecule has 2 aliphatic heterocycles. The Balaban J connectivity index is 1.52. The van der Waals surface area contributed by atoms with Crippen molar-refractivity contribution in [2.24, 2.45) is 0 Å². The second kappa shape index (κ2) is 9.30. The molecule has 0 spiro atoms. The Hall–Kier alpha value is -2.20. The Morgan fingerprint density at radius 2 is 1.43 bits per heavy atom. The first-order valence-corrected chi connectivity index (χ1v) is 9.77. The fourth-order valence-electron chi connectivity index (χ4n) is 3.63. The van der Waals surface area contributed by atoms with Crippen molar-refractivity contribution in [2.45, 2.75) is 37.0 Å². The highest BCUT2D eigenvalue weighted by atomic mass is 16.8. The molecule has 162 valence electrons. The molecule has 2 N–H and O–H groups in total. The predicted molar refractivity (Wildman–Crippen MR) is 105 cm³/mol. The third-order valence-corrected chi connectivity index (χ3v) is 5.30. The minimum atomic E-state index is -1.13. The van der Waals surface area contributed by atoms with Crippen LogP contribution in [0.4, 0.5) is 0 Å². The Morgan fingerprint density at radius 3 is 1.97 bits per heavy atom. The van der Waals surface area contributed by atoms with E-state index < -0.39 is 43.6 Å². The molecule has 2 aromatic carbocycles. The van der Waals surface area contributed by atoms with Gasteiger partial charge in [-0.25, -0.2) is 0 Å². The highest BCUT2D eigenvalue weighted by molar-refractivity contribution is 5.29. The topological polar surface area (TPSA) is 95.8 Å². The molecule has 0 aliphatic carbocycles. The molecule has 0 bridgehead atoms. The van der Waals surface area contributed by atoms with Gasteiger partial charge in [-0.15, -0.1) is 0 Å².